The van der Waals surface area contributed by atoms with Crippen LogP contribution in [-0.4, -0.2) is 31.3 Å². The summed E-state index contributed by atoms with van der Waals surface area (Å²) in [6.07, 6.45) is 0.792. The predicted molar refractivity (Wildman–Crippen MR) is 79.3 cm³/mol. The van der Waals surface area contributed by atoms with Gasteiger partial charge in [0.2, 0.25) is 5.91 Å². The number of nitrogens with one attached hydrogen (secondary N) is 1. The Hall–Kier alpha value is -1.59. The fourth-order valence-electron chi connectivity index (χ4n) is 2.67. The molecule has 1 heterocycles. The van der Waals surface area contributed by atoms with E-state index < -0.39 is 6.10 Å². The molecular formula is C16H23NO4. The van der Waals surface area contributed by atoms with Crippen LogP contribution in [0.25, 0.3) is 0 Å². The highest BCUT2D eigenvalue weighted by Crippen LogP contribution is 2.39. The maximum atomic E-state index is 11.8. The molecule has 5 nitrogen and oxygen atoms in total. The molecule has 0 saturated heterocycles. The molecule has 0 aromatic heterocycles. The van der Waals surface area contributed by atoms with Gasteiger partial charge in [-0.15, -0.1) is 0 Å². The van der Waals surface area contributed by atoms with Crippen molar-refractivity contribution in [2.75, 3.05) is 20.3 Å². The second-order valence-electron chi connectivity index (χ2n) is 5.39. The van der Waals surface area contributed by atoms with Crippen LogP contribution < -0.4 is 10.1 Å². The number of benzene rings is 1. The summed E-state index contributed by atoms with van der Waals surface area (Å²) in [5.74, 6) is 0.568. The van der Waals surface area contributed by atoms with Crippen LogP contribution in [0.4, 0.5) is 0 Å². The van der Waals surface area contributed by atoms with Gasteiger partial charge in [0, 0.05) is 24.7 Å². The van der Waals surface area contributed by atoms with Gasteiger partial charge in [0.1, 0.15) is 12.4 Å². The van der Waals surface area contributed by atoms with Crippen molar-refractivity contribution in [3.8, 4) is 5.75 Å². The standard InChI is InChI=1S/C16H23NO4/c1-4-14(18)12-8-10(2)7-11-13(5-6-21-16(11)12)17-15(19)9-20-3/h7-8,13-14,18H,4-6,9H2,1-3H3,(H,17,19). The largest absolute Gasteiger partial charge is 0.493 e. The first-order chi connectivity index (χ1) is 10.1. The second kappa shape index (κ2) is 6.91. The number of hydrogen-bond donors (Lipinski definition) is 2. The monoisotopic (exact) mass is 293 g/mol. The van der Waals surface area contributed by atoms with Gasteiger partial charge in [0.05, 0.1) is 18.8 Å². The molecule has 0 spiro atoms. The van der Waals surface area contributed by atoms with Gasteiger partial charge < -0.3 is 19.9 Å². The number of aryl methyl sites for hydroxylation is 1. The number of amides is 1. The molecule has 0 aliphatic carbocycles. The van der Waals surface area contributed by atoms with Gasteiger partial charge in [-0.1, -0.05) is 18.6 Å². The molecule has 1 amide bonds. The van der Waals surface area contributed by atoms with Crippen LogP contribution in [0.3, 0.4) is 0 Å². The SMILES string of the molecule is CCC(O)c1cc(C)cc2c1OCCC2NC(=O)COC. The second-order valence-corrected chi connectivity index (χ2v) is 5.39. The third kappa shape index (κ3) is 3.54. The van der Waals surface area contributed by atoms with Gasteiger partial charge in [-0.25, -0.2) is 0 Å². The van der Waals surface area contributed by atoms with Crippen molar-refractivity contribution in [2.45, 2.75) is 38.8 Å². The molecule has 1 aliphatic heterocycles. The highest BCUT2D eigenvalue weighted by molar-refractivity contribution is 5.78. The maximum absolute atomic E-state index is 11.8. The van der Waals surface area contributed by atoms with Crippen LogP contribution in [-0.2, 0) is 9.53 Å². The number of ether oxygens (including phenoxy) is 2. The van der Waals surface area contributed by atoms with Gasteiger partial charge in [0.25, 0.3) is 0 Å². The Bertz CT molecular complexity index is 515. The molecule has 0 fully saturated rings. The number of carbonyl (C=O) groups excluding carboxylic acids is 1. The molecule has 21 heavy (non-hydrogen) atoms. The number of methoxy groups -OCH3 is 1. The molecule has 2 unspecified atom stereocenters. The molecule has 0 saturated carbocycles. The van der Waals surface area contributed by atoms with E-state index in [1.54, 1.807) is 0 Å². The summed E-state index contributed by atoms with van der Waals surface area (Å²) in [6.45, 7) is 4.48. The topological polar surface area (TPSA) is 67.8 Å². The fraction of sp³-hybridized carbons (Fsp3) is 0.562. The van der Waals surface area contributed by atoms with E-state index in [0.717, 1.165) is 16.7 Å². The van der Waals surface area contributed by atoms with Crippen molar-refractivity contribution in [1.82, 2.24) is 5.32 Å². The Labute approximate surface area is 125 Å². The van der Waals surface area contributed by atoms with E-state index in [4.69, 9.17) is 9.47 Å². The fourth-order valence-corrected chi connectivity index (χ4v) is 2.67. The summed E-state index contributed by atoms with van der Waals surface area (Å²) in [5.41, 5.74) is 2.79. The van der Waals surface area contributed by atoms with Crippen LogP contribution in [0.2, 0.25) is 0 Å². The molecule has 1 aromatic rings. The first-order valence-corrected chi connectivity index (χ1v) is 7.30. The first kappa shape index (κ1) is 15.8. The average molecular weight is 293 g/mol. The Balaban J connectivity index is 2.33. The number of aliphatic hydroxyl groups is 1. The molecule has 2 atom stereocenters. The Morgan fingerprint density at radius 1 is 1.57 bits per heavy atom. The summed E-state index contributed by atoms with van der Waals surface area (Å²) >= 11 is 0. The Morgan fingerprint density at radius 3 is 3.00 bits per heavy atom. The zero-order valence-electron chi connectivity index (χ0n) is 12.8. The van der Waals surface area contributed by atoms with Crippen LogP contribution >= 0.6 is 0 Å². The van der Waals surface area contributed by atoms with Gasteiger partial charge in [-0.3, -0.25) is 4.79 Å². The van der Waals surface area contributed by atoms with E-state index >= 15 is 0 Å². The van der Waals surface area contributed by atoms with Crippen molar-refractivity contribution >= 4 is 5.91 Å². The molecule has 116 valence electrons. The van der Waals surface area contributed by atoms with Crippen LogP contribution in [0, 0.1) is 6.92 Å². The molecule has 0 bridgehead atoms. The number of hydrogen-bond acceptors (Lipinski definition) is 4. The van der Waals surface area contributed by atoms with E-state index in [9.17, 15) is 9.90 Å². The average Bonchev–Trinajstić information content (AvgIpc) is 2.46. The zero-order valence-corrected chi connectivity index (χ0v) is 12.8. The summed E-state index contributed by atoms with van der Waals surface area (Å²) in [5, 5.41) is 13.1. The molecule has 1 aromatic carbocycles. The zero-order chi connectivity index (χ0) is 15.4. The van der Waals surface area contributed by atoms with Crippen molar-refractivity contribution in [2.24, 2.45) is 0 Å². The lowest BCUT2D eigenvalue weighted by Crippen LogP contribution is -2.34. The van der Waals surface area contributed by atoms with Crippen LogP contribution in [0.1, 0.15) is 48.6 Å². The molecular weight excluding hydrogens is 270 g/mol. The van der Waals surface area contributed by atoms with Crippen LogP contribution in [0.15, 0.2) is 12.1 Å². The highest BCUT2D eigenvalue weighted by Gasteiger charge is 2.27. The van der Waals surface area contributed by atoms with Gasteiger partial charge in [-0.2, -0.15) is 0 Å². The highest BCUT2D eigenvalue weighted by atomic mass is 16.5. The molecule has 5 heteroatoms. The van der Waals surface area contributed by atoms with Crippen molar-refractivity contribution in [3.05, 3.63) is 28.8 Å². The summed E-state index contributed by atoms with van der Waals surface area (Å²) in [6, 6.07) is 3.86. The van der Waals surface area contributed by atoms with E-state index in [2.05, 4.69) is 5.32 Å². The van der Waals surface area contributed by atoms with Crippen molar-refractivity contribution in [1.29, 1.82) is 0 Å². The normalized spacial score (nSPS) is 18.6. The number of carbonyl (C=O) groups is 1. The lowest BCUT2D eigenvalue weighted by molar-refractivity contribution is -0.125. The molecule has 2 rings (SSSR count). The first-order valence-electron chi connectivity index (χ1n) is 7.30. The lowest BCUT2D eigenvalue weighted by atomic mass is 9.92. The summed E-state index contributed by atoms with van der Waals surface area (Å²) in [4.78, 5) is 11.8. The molecule has 2 N–H and O–H groups in total. The van der Waals surface area contributed by atoms with Crippen molar-refractivity contribution < 1.29 is 19.4 Å². The number of fused-ring (bicyclic) bond motifs is 1. The number of aliphatic hydroxyl groups excluding tert-OH is 1. The summed E-state index contributed by atoms with van der Waals surface area (Å²) in [7, 11) is 1.50. The Kier molecular flexibility index (Phi) is 5.20. The van der Waals surface area contributed by atoms with E-state index in [-0.39, 0.29) is 18.6 Å². The van der Waals surface area contributed by atoms with E-state index in [0.29, 0.717) is 25.2 Å². The van der Waals surface area contributed by atoms with Crippen LogP contribution in [0.5, 0.6) is 5.75 Å². The third-order valence-corrected chi connectivity index (χ3v) is 3.68. The van der Waals surface area contributed by atoms with Gasteiger partial charge in [-0.05, 0) is 19.4 Å². The van der Waals surface area contributed by atoms with Crippen molar-refractivity contribution in [3.63, 3.8) is 0 Å². The van der Waals surface area contributed by atoms with E-state index in [1.807, 2.05) is 26.0 Å². The lowest BCUT2D eigenvalue weighted by Gasteiger charge is -2.30. The van der Waals surface area contributed by atoms with Gasteiger partial charge >= 0.3 is 0 Å². The maximum Gasteiger partial charge on any atom is 0.246 e. The minimum atomic E-state index is -0.549. The molecule has 0 radical (unpaired) electrons. The smallest absolute Gasteiger partial charge is 0.246 e. The van der Waals surface area contributed by atoms with Gasteiger partial charge in [0.15, 0.2) is 0 Å². The Morgan fingerprint density at radius 2 is 2.33 bits per heavy atom. The molecule has 1 aliphatic rings. The number of rotatable bonds is 5. The van der Waals surface area contributed by atoms with E-state index in [1.165, 1.54) is 7.11 Å². The predicted octanol–water partition coefficient (Wildman–Crippen LogP) is 2.02. The third-order valence-electron chi connectivity index (χ3n) is 3.68. The quantitative estimate of drug-likeness (QED) is 0.871. The minimum absolute atomic E-state index is 0.0446. The minimum Gasteiger partial charge on any atom is -0.493 e. The summed E-state index contributed by atoms with van der Waals surface area (Å²) < 4.78 is 10.6.